The molecule has 1 saturated heterocycles. The molecule has 1 heterocycles. The van der Waals surface area contributed by atoms with Crippen LogP contribution in [0.5, 0.6) is 0 Å². The van der Waals surface area contributed by atoms with Crippen molar-refractivity contribution in [2.75, 3.05) is 6.61 Å². The van der Waals surface area contributed by atoms with Crippen LogP contribution in [-0.4, -0.2) is 12.6 Å². The molecule has 0 radical (unpaired) electrons. The van der Waals surface area contributed by atoms with E-state index in [2.05, 4.69) is 19.1 Å². The van der Waals surface area contributed by atoms with Crippen LogP contribution in [0.1, 0.15) is 24.5 Å². The summed E-state index contributed by atoms with van der Waals surface area (Å²) >= 11 is 0. The molecule has 1 atom stereocenters. The normalized spacial score (nSPS) is 25.0. The van der Waals surface area contributed by atoms with Gasteiger partial charge in [0.05, 0.1) is 12.0 Å². The summed E-state index contributed by atoms with van der Waals surface area (Å²) in [5.74, 6) is -0.114. The first-order valence-electron chi connectivity index (χ1n) is 5.54. The highest BCUT2D eigenvalue weighted by molar-refractivity contribution is 5.81. The Morgan fingerprint density at radius 2 is 2.12 bits per heavy atom. The Kier molecular flexibility index (Phi) is 2.82. The number of hydrogen-bond donors (Lipinski definition) is 0. The maximum atomic E-state index is 11.5. The molecule has 0 aliphatic carbocycles. The third kappa shape index (κ3) is 2.01. The first-order valence-corrected chi connectivity index (χ1v) is 5.54. The number of ether oxygens (including phenoxy) is 1. The Labute approximate surface area is 95.9 Å². The van der Waals surface area contributed by atoms with Gasteiger partial charge in [-0.1, -0.05) is 36.4 Å². The van der Waals surface area contributed by atoms with Crippen molar-refractivity contribution >= 4 is 12.0 Å². The van der Waals surface area contributed by atoms with Gasteiger partial charge in [0.25, 0.3) is 0 Å². The molecule has 0 amide bonds. The second-order valence-corrected chi connectivity index (χ2v) is 4.49. The third-order valence-corrected chi connectivity index (χ3v) is 3.14. The molecule has 1 unspecified atom stereocenters. The summed E-state index contributed by atoms with van der Waals surface area (Å²) in [6.45, 7) is 4.53. The van der Waals surface area contributed by atoms with Crippen LogP contribution in [-0.2, 0) is 9.53 Å². The maximum Gasteiger partial charge on any atom is 0.315 e. The molecule has 1 aromatic carbocycles. The van der Waals surface area contributed by atoms with Gasteiger partial charge >= 0.3 is 5.97 Å². The summed E-state index contributed by atoms with van der Waals surface area (Å²) in [6.07, 6.45) is 4.75. The Bertz CT molecular complexity index is 434. The van der Waals surface area contributed by atoms with Crippen LogP contribution in [0.2, 0.25) is 0 Å². The van der Waals surface area contributed by atoms with E-state index in [1.807, 2.05) is 31.2 Å². The van der Waals surface area contributed by atoms with Gasteiger partial charge in [-0.05, 0) is 25.0 Å². The second kappa shape index (κ2) is 4.12. The topological polar surface area (TPSA) is 26.3 Å². The van der Waals surface area contributed by atoms with Crippen molar-refractivity contribution in [2.24, 2.45) is 5.41 Å². The molecule has 84 valence electrons. The average Bonchev–Trinajstić information content (AvgIpc) is 2.59. The lowest BCUT2D eigenvalue weighted by molar-refractivity contribution is -0.143. The first-order chi connectivity index (χ1) is 7.62. The molecule has 1 fully saturated rings. The van der Waals surface area contributed by atoms with Crippen LogP contribution >= 0.6 is 0 Å². The highest BCUT2D eigenvalue weighted by atomic mass is 16.5. The highest BCUT2D eigenvalue weighted by Crippen LogP contribution is 2.31. The number of carbonyl (C=O) groups is 1. The van der Waals surface area contributed by atoms with Crippen LogP contribution in [0, 0.1) is 12.3 Å². The zero-order valence-corrected chi connectivity index (χ0v) is 9.69. The standard InChI is InChI=1S/C14H16O2/c1-11-5-3-4-6-12(11)7-8-14(2)9-10-16-13(14)15/h3-8H,9-10H2,1-2H3/b8-7+. The SMILES string of the molecule is Cc1ccccc1/C=C/C1(C)CCOC1=O. The van der Waals surface area contributed by atoms with E-state index in [1.54, 1.807) is 0 Å². The minimum atomic E-state index is -0.442. The van der Waals surface area contributed by atoms with Crippen LogP contribution < -0.4 is 0 Å². The van der Waals surface area contributed by atoms with Gasteiger partial charge in [-0.15, -0.1) is 0 Å². The summed E-state index contributed by atoms with van der Waals surface area (Å²) in [7, 11) is 0. The number of hydrogen-bond acceptors (Lipinski definition) is 2. The first kappa shape index (κ1) is 10.9. The fourth-order valence-electron chi connectivity index (χ4n) is 1.82. The summed E-state index contributed by atoms with van der Waals surface area (Å²) in [5.41, 5.74) is 1.93. The van der Waals surface area contributed by atoms with Crippen molar-refractivity contribution in [3.8, 4) is 0 Å². The quantitative estimate of drug-likeness (QED) is 0.710. The van der Waals surface area contributed by atoms with Gasteiger partial charge < -0.3 is 4.74 Å². The van der Waals surface area contributed by atoms with Crippen molar-refractivity contribution in [1.82, 2.24) is 0 Å². The predicted molar refractivity (Wildman–Crippen MR) is 63.9 cm³/mol. The van der Waals surface area contributed by atoms with Gasteiger partial charge in [-0.2, -0.15) is 0 Å². The maximum absolute atomic E-state index is 11.5. The Balaban J connectivity index is 2.21. The lowest BCUT2D eigenvalue weighted by Crippen LogP contribution is -2.18. The van der Waals surface area contributed by atoms with Crippen molar-refractivity contribution < 1.29 is 9.53 Å². The van der Waals surface area contributed by atoms with Crippen LogP contribution in [0.4, 0.5) is 0 Å². The van der Waals surface area contributed by atoms with Gasteiger partial charge in [0.2, 0.25) is 0 Å². The Morgan fingerprint density at radius 3 is 2.75 bits per heavy atom. The molecule has 1 aliphatic rings. The monoisotopic (exact) mass is 216 g/mol. The van der Waals surface area contributed by atoms with E-state index in [0.717, 1.165) is 12.0 Å². The lowest BCUT2D eigenvalue weighted by Gasteiger charge is -2.12. The zero-order chi connectivity index (χ0) is 11.6. The smallest absolute Gasteiger partial charge is 0.315 e. The highest BCUT2D eigenvalue weighted by Gasteiger charge is 2.37. The van der Waals surface area contributed by atoms with E-state index >= 15 is 0 Å². The molecule has 0 bridgehead atoms. The van der Waals surface area contributed by atoms with E-state index in [9.17, 15) is 4.79 Å². The van der Waals surface area contributed by atoms with Gasteiger partial charge in [0.15, 0.2) is 0 Å². The molecule has 2 nitrogen and oxygen atoms in total. The van der Waals surface area contributed by atoms with Crippen LogP contribution in [0.25, 0.3) is 6.08 Å². The second-order valence-electron chi connectivity index (χ2n) is 4.49. The minimum absolute atomic E-state index is 0.114. The molecular weight excluding hydrogens is 200 g/mol. The number of aryl methyl sites for hydroxylation is 1. The molecule has 0 saturated carbocycles. The minimum Gasteiger partial charge on any atom is -0.465 e. The van der Waals surface area contributed by atoms with Gasteiger partial charge in [0.1, 0.15) is 0 Å². The van der Waals surface area contributed by atoms with Gasteiger partial charge in [0, 0.05) is 6.42 Å². The molecule has 2 rings (SSSR count). The van der Waals surface area contributed by atoms with E-state index in [0.29, 0.717) is 6.61 Å². The molecule has 0 aromatic heterocycles. The molecule has 2 heteroatoms. The molecule has 1 aromatic rings. The summed E-state index contributed by atoms with van der Waals surface area (Å²) in [5, 5.41) is 0. The number of cyclic esters (lactones) is 1. The molecule has 0 spiro atoms. The van der Waals surface area contributed by atoms with Crippen LogP contribution in [0.15, 0.2) is 30.3 Å². The molecule has 1 aliphatic heterocycles. The number of rotatable bonds is 2. The fraction of sp³-hybridized carbons (Fsp3) is 0.357. The van der Waals surface area contributed by atoms with E-state index < -0.39 is 5.41 Å². The zero-order valence-electron chi connectivity index (χ0n) is 9.69. The molecular formula is C14H16O2. The summed E-state index contributed by atoms with van der Waals surface area (Å²) < 4.78 is 5.00. The van der Waals surface area contributed by atoms with E-state index in [4.69, 9.17) is 4.74 Å². The number of carbonyl (C=O) groups excluding carboxylic acids is 1. The van der Waals surface area contributed by atoms with Crippen molar-refractivity contribution in [2.45, 2.75) is 20.3 Å². The van der Waals surface area contributed by atoms with Gasteiger partial charge in [-0.3, -0.25) is 4.79 Å². The molecule has 0 N–H and O–H groups in total. The van der Waals surface area contributed by atoms with E-state index in [-0.39, 0.29) is 5.97 Å². The number of benzene rings is 1. The van der Waals surface area contributed by atoms with Crippen molar-refractivity contribution in [1.29, 1.82) is 0 Å². The largest absolute Gasteiger partial charge is 0.465 e. The predicted octanol–water partition coefficient (Wildman–Crippen LogP) is 2.96. The van der Waals surface area contributed by atoms with Crippen molar-refractivity contribution in [3.63, 3.8) is 0 Å². The lowest BCUT2D eigenvalue weighted by atomic mass is 9.88. The fourth-order valence-corrected chi connectivity index (χ4v) is 1.82. The molecule has 16 heavy (non-hydrogen) atoms. The van der Waals surface area contributed by atoms with Gasteiger partial charge in [-0.25, -0.2) is 0 Å². The summed E-state index contributed by atoms with van der Waals surface area (Å²) in [6, 6.07) is 8.13. The Morgan fingerprint density at radius 1 is 1.38 bits per heavy atom. The van der Waals surface area contributed by atoms with E-state index in [1.165, 1.54) is 5.56 Å². The summed E-state index contributed by atoms with van der Waals surface area (Å²) in [4.78, 5) is 11.5. The Hall–Kier alpha value is -1.57. The number of esters is 1. The average molecular weight is 216 g/mol. The van der Waals surface area contributed by atoms with Crippen molar-refractivity contribution in [3.05, 3.63) is 41.5 Å². The van der Waals surface area contributed by atoms with Crippen LogP contribution in [0.3, 0.4) is 0 Å². The third-order valence-electron chi connectivity index (χ3n) is 3.14.